The highest BCUT2D eigenvalue weighted by Crippen LogP contribution is 2.34. The number of benzene rings is 2. The highest BCUT2D eigenvalue weighted by atomic mass is 15.1. The van der Waals surface area contributed by atoms with E-state index >= 15 is 0 Å². The molecule has 0 saturated heterocycles. The maximum atomic E-state index is 4.84. The fraction of sp³-hybridized carbons (Fsp3) is 0.444. The molecule has 0 radical (unpaired) electrons. The third-order valence-corrected chi connectivity index (χ3v) is 5.66. The van der Waals surface area contributed by atoms with E-state index in [0.29, 0.717) is 0 Å². The van der Waals surface area contributed by atoms with Crippen LogP contribution in [0.2, 0.25) is 0 Å². The Kier molecular flexibility index (Phi) is 6.95. The van der Waals surface area contributed by atoms with Crippen molar-refractivity contribution in [2.24, 2.45) is 0 Å². The van der Waals surface area contributed by atoms with Crippen molar-refractivity contribution in [1.82, 2.24) is 9.55 Å². The van der Waals surface area contributed by atoms with Gasteiger partial charge in [0.25, 0.3) is 0 Å². The first-order valence-corrected chi connectivity index (χ1v) is 11.2. The highest BCUT2D eigenvalue weighted by molar-refractivity contribution is 5.66. The molecule has 2 aromatic carbocycles. The molecule has 0 bridgehead atoms. The summed E-state index contributed by atoms with van der Waals surface area (Å²) in [4.78, 5) is 4.84. The summed E-state index contributed by atoms with van der Waals surface area (Å²) in [5.41, 5.74) is 6.87. The summed E-state index contributed by atoms with van der Waals surface area (Å²) in [5, 5.41) is 0. The Morgan fingerprint density at radius 3 is 2.03 bits per heavy atom. The molecule has 0 aliphatic heterocycles. The van der Waals surface area contributed by atoms with Gasteiger partial charge in [-0.2, -0.15) is 0 Å². The van der Waals surface area contributed by atoms with E-state index in [1.165, 1.54) is 53.6 Å². The average molecular weight is 389 g/mol. The number of hydrogen-bond donors (Lipinski definition) is 0. The van der Waals surface area contributed by atoms with Crippen LogP contribution < -0.4 is 0 Å². The first kappa shape index (κ1) is 21.4. The first-order chi connectivity index (χ1) is 14.0. The van der Waals surface area contributed by atoms with Crippen LogP contribution in [0.5, 0.6) is 0 Å². The molecule has 0 spiro atoms. The lowest BCUT2D eigenvalue weighted by molar-refractivity contribution is 0.591. The van der Waals surface area contributed by atoms with Gasteiger partial charge in [0.05, 0.1) is 5.69 Å². The lowest BCUT2D eigenvalue weighted by atomic mass is 9.83. The van der Waals surface area contributed by atoms with Crippen LogP contribution >= 0.6 is 0 Å². The number of nitrogens with zero attached hydrogens (tertiary/aromatic N) is 2. The molecule has 1 aromatic heterocycles. The second-order valence-corrected chi connectivity index (χ2v) is 9.05. The van der Waals surface area contributed by atoms with Crippen LogP contribution in [-0.2, 0) is 18.3 Å². The minimum Gasteiger partial charge on any atom is -0.299 e. The van der Waals surface area contributed by atoms with Crippen LogP contribution in [-0.4, -0.2) is 9.55 Å². The number of para-hydroxylation sites is 1. The number of unbranched alkanes of at least 4 members (excludes halogenated alkanes) is 2. The quantitative estimate of drug-likeness (QED) is 0.390. The van der Waals surface area contributed by atoms with Crippen LogP contribution in [0.4, 0.5) is 0 Å². The van der Waals surface area contributed by atoms with Gasteiger partial charge >= 0.3 is 0 Å². The van der Waals surface area contributed by atoms with Crippen molar-refractivity contribution in [2.45, 2.75) is 78.6 Å². The zero-order valence-corrected chi connectivity index (χ0v) is 18.8. The number of aromatic nitrogens is 2. The lowest BCUT2D eigenvalue weighted by Gasteiger charge is -2.24. The molecule has 0 unspecified atom stereocenters. The Morgan fingerprint density at radius 2 is 1.45 bits per heavy atom. The molecule has 3 rings (SSSR count). The third-order valence-electron chi connectivity index (χ3n) is 5.66. The van der Waals surface area contributed by atoms with Crippen LogP contribution in [0.3, 0.4) is 0 Å². The summed E-state index contributed by atoms with van der Waals surface area (Å²) in [5.74, 6) is 1.05. The van der Waals surface area contributed by atoms with Gasteiger partial charge in [0.2, 0.25) is 0 Å². The summed E-state index contributed by atoms with van der Waals surface area (Å²) in [6.45, 7) is 11.4. The first-order valence-electron chi connectivity index (χ1n) is 11.2. The largest absolute Gasteiger partial charge is 0.299 e. The molecule has 154 valence electrons. The predicted octanol–water partition coefficient (Wildman–Crippen LogP) is 7.52. The van der Waals surface area contributed by atoms with Gasteiger partial charge in [0, 0.05) is 18.0 Å². The average Bonchev–Trinajstić information content (AvgIpc) is 3.19. The predicted molar refractivity (Wildman–Crippen MR) is 125 cm³/mol. The monoisotopic (exact) mass is 388 g/mol. The molecule has 1 heterocycles. The highest BCUT2D eigenvalue weighted by Gasteiger charge is 2.22. The van der Waals surface area contributed by atoms with Crippen molar-refractivity contribution in [1.29, 1.82) is 0 Å². The van der Waals surface area contributed by atoms with Gasteiger partial charge < -0.3 is 0 Å². The Hall–Kier alpha value is -2.35. The Bertz CT molecular complexity index is 901. The van der Waals surface area contributed by atoms with Crippen LogP contribution in [0.25, 0.3) is 17.1 Å². The number of rotatable bonds is 8. The Labute approximate surface area is 177 Å². The van der Waals surface area contributed by atoms with E-state index in [-0.39, 0.29) is 5.41 Å². The molecule has 0 fully saturated rings. The summed E-state index contributed by atoms with van der Waals surface area (Å²) >= 11 is 0. The van der Waals surface area contributed by atoms with Gasteiger partial charge in [-0.1, -0.05) is 89.9 Å². The second kappa shape index (κ2) is 9.43. The fourth-order valence-corrected chi connectivity index (χ4v) is 4.11. The fourth-order valence-electron chi connectivity index (χ4n) is 4.11. The zero-order chi connectivity index (χ0) is 20.9. The smallest absolute Gasteiger partial charge is 0.144 e. The molecule has 0 aliphatic rings. The van der Waals surface area contributed by atoms with Crippen LogP contribution in [0.1, 0.15) is 77.0 Å². The minimum absolute atomic E-state index is 0.0696. The number of hydrogen-bond acceptors (Lipinski definition) is 1. The molecule has 3 aromatic rings. The van der Waals surface area contributed by atoms with E-state index in [1.54, 1.807) is 0 Å². The summed E-state index contributed by atoms with van der Waals surface area (Å²) in [7, 11) is 0. The molecule has 0 saturated carbocycles. The lowest BCUT2D eigenvalue weighted by Crippen LogP contribution is -2.14. The SMILES string of the molecule is CCCCc1cccc(CCCC)c1-n1ccnc1-c1ccccc1C(C)(C)C. The summed E-state index contributed by atoms with van der Waals surface area (Å²) < 4.78 is 2.35. The molecule has 2 heteroatoms. The van der Waals surface area contributed by atoms with Gasteiger partial charge in [0.15, 0.2) is 0 Å². The molecule has 0 N–H and O–H groups in total. The van der Waals surface area contributed by atoms with Crippen molar-refractivity contribution in [3.63, 3.8) is 0 Å². The summed E-state index contributed by atoms with van der Waals surface area (Å²) in [6.07, 6.45) is 11.2. The Morgan fingerprint density at radius 1 is 0.828 bits per heavy atom. The third kappa shape index (κ3) is 4.80. The van der Waals surface area contributed by atoms with E-state index in [0.717, 1.165) is 18.7 Å². The maximum absolute atomic E-state index is 4.84. The van der Waals surface area contributed by atoms with Gasteiger partial charge in [-0.05, 0) is 47.8 Å². The van der Waals surface area contributed by atoms with E-state index in [2.05, 4.69) is 87.8 Å². The van der Waals surface area contributed by atoms with Crippen molar-refractivity contribution < 1.29 is 0 Å². The van der Waals surface area contributed by atoms with Gasteiger partial charge in [-0.3, -0.25) is 4.57 Å². The van der Waals surface area contributed by atoms with Crippen molar-refractivity contribution in [3.05, 3.63) is 71.5 Å². The molecule has 0 aliphatic carbocycles. The van der Waals surface area contributed by atoms with Gasteiger partial charge in [0.1, 0.15) is 5.82 Å². The molecular weight excluding hydrogens is 352 g/mol. The van der Waals surface area contributed by atoms with Crippen molar-refractivity contribution in [3.8, 4) is 17.1 Å². The van der Waals surface area contributed by atoms with Gasteiger partial charge in [-0.25, -0.2) is 4.98 Å². The molecule has 0 atom stereocenters. The zero-order valence-electron chi connectivity index (χ0n) is 18.8. The molecular formula is C27H36N2. The van der Waals surface area contributed by atoms with E-state index in [9.17, 15) is 0 Å². The second-order valence-electron chi connectivity index (χ2n) is 9.05. The van der Waals surface area contributed by atoms with Crippen molar-refractivity contribution >= 4 is 0 Å². The van der Waals surface area contributed by atoms with Crippen LogP contribution in [0.15, 0.2) is 54.9 Å². The normalized spacial score (nSPS) is 11.8. The minimum atomic E-state index is 0.0696. The van der Waals surface area contributed by atoms with E-state index in [1.807, 2.05) is 6.20 Å². The molecule has 2 nitrogen and oxygen atoms in total. The summed E-state index contributed by atoms with van der Waals surface area (Å²) in [6, 6.07) is 15.6. The standard InChI is InChI=1S/C27H36N2/c1-6-8-13-21-15-12-16-22(14-9-7-2)25(21)29-20-19-28-26(29)23-17-10-11-18-24(23)27(3,4)5/h10-12,15-20H,6-9,13-14H2,1-5H3. The number of imidazole rings is 1. The van der Waals surface area contributed by atoms with E-state index in [4.69, 9.17) is 4.98 Å². The van der Waals surface area contributed by atoms with E-state index < -0.39 is 0 Å². The molecule has 0 amide bonds. The topological polar surface area (TPSA) is 17.8 Å². The van der Waals surface area contributed by atoms with Crippen LogP contribution in [0, 0.1) is 0 Å². The number of aryl methyl sites for hydroxylation is 2. The van der Waals surface area contributed by atoms with Crippen molar-refractivity contribution in [2.75, 3.05) is 0 Å². The maximum Gasteiger partial charge on any atom is 0.144 e. The molecule has 29 heavy (non-hydrogen) atoms. The van der Waals surface area contributed by atoms with Gasteiger partial charge in [-0.15, -0.1) is 0 Å². The Balaban J connectivity index is 2.19.